The van der Waals surface area contributed by atoms with Crippen LogP contribution in [0.2, 0.25) is 0 Å². The fourth-order valence-corrected chi connectivity index (χ4v) is 3.92. The average molecular weight is 384 g/mol. The molecule has 0 unspecified atom stereocenters. The molecule has 27 heavy (non-hydrogen) atoms. The lowest BCUT2D eigenvalue weighted by Crippen LogP contribution is -2.17. The van der Waals surface area contributed by atoms with Gasteiger partial charge in [-0.2, -0.15) is 11.8 Å². The van der Waals surface area contributed by atoms with Crippen molar-refractivity contribution in [3.8, 4) is 0 Å². The molecule has 1 amide bonds. The molecule has 6 heteroatoms. The molecule has 0 bridgehead atoms. The first-order valence-electron chi connectivity index (χ1n) is 9.25. The molecular formula is C21H25N3O2S. The van der Waals surface area contributed by atoms with Crippen molar-refractivity contribution >= 4 is 34.4 Å². The van der Waals surface area contributed by atoms with Crippen LogP contribution in [0.25, 0.3) is 11.0 Å². The van der Waals surface area contributed by atoms with Gasteiger partial charge < -0.3 is 10.3 Å². The van der Waals surface area contributed by atoms with Crippen molar-refractivity contribution in [2.45, 2.75) is 32.7 Å². The number of nitrogens with one attached hydrogen (secondary N) is 2. The molecule has 3 rings (SSSR count). The Kier molecular flexibility index (Phi) is 6.76. The van der Waals surface area contributed by atoms with Crippen molar-refractivity contribution in [3.63, 3.8) is 0 Å². The molecule has 0 saturated carbocycles. The molecule has 0 saturated heterocycles. The molecule has 0 aliphatic heterocycles. The van der Waals surface area contributed by atoms with Gasteiger partial charge in [-0.05, 0) is 61.1 Å². The third kappa shape index (κ3) is 5.50. The number of para-hydroxylation sites is 2. The van der Waals surface area contributed by atoms with E-state index in [1.165, 1.54) is 0 Å². The van der Waals surface area contributed by atoms with Crippen LogP contribution in [0.5, 0.6) is 0 Å². The van der Waals surface area contributed by atoms with Crippen LogP contribution in [-0.2, 0) is 11.3 Å². The molecule has 0 aliphatic rings. The SMILES string of the molecule is Cc1cccc(NC(=O)CCCSCCCn2c(=O)[nH]c3ccccc32)c1. The Balaban J connectivity index is 1.32. The van der Waals surface area contributed by atoms with Gasteiger partial charge in [-0.1, -0.05) is 24.3 Å². The minimum Gasteiger partial charge on any atom is -0.326 e. The van der Waals surface area contributed by atoms with Gasteiger partial charge in [0, 0.05) is 18.7 Å². The Labute approximate surface area is 163 Å². The van der Waals surface area contributed by atoms with Crippen LogP contribution in [0, 0.1) is 6.92 Å². The topological polar surface area (TPSA) is 66.9 Å². The first-order valence-corrected chi connectivity index (χ1v) is 10.4. The molecule has 0 aliphatic carbocycles. The number of thioether (sulfide) groups is 1. The van der Waals surface area contributed by atoms with Crippen molar-refractivity contribution in [2.75, 3.05) is 16.8 Å². The van der Waals surface area contributed by atoms with E-state index in [1.54, 1.807) is 4.57 Å². The fourth-order valence-electron chi connectivity index (χ4n) is 3.04. The highest BCUT2D eigenvalue weighted by Crippen LogP contribution is 2.13. The van der Waals surface area contributed by atoms with E-state index >= 15 is 0 Å². The van der Waals surface area contributed by atoms with Crippen LogP contribution < -0.4 is 11.0 Å². The van der Waals surface area contributed by atoms with E-state index in [0.29, 0.717) is 13.0 Å². The summed E-state index contributed by atoms with van der Waals surface area (Å²) in [4.78, 5) is 26.9. The monoisotopic (exact) mass is 383 g/mol. The first-order chi connectivity index (χ1) is 13.1. The minimum absolute atomic E-state index is 0.0472. The second-order valence-electron chi connectivity index (χ2n) is 6.59. The van der Waals surface area contributed by atoms with E-state index in [1.807, 2.05) is 67.2 Å². The number of nitrogens with zero attached hydrogens (tertiary/aromatic N) is 1. The number of aromatic amines is 1. The van der Waals surface area contributed by atoms with E-state index in [-0.39, 0.29) is 11.6 Å². The molecule has 2 N–H and O–H groups in total. The molecule has 2 aromatic carbocycles. The summed E-state index contributed by atoms with van der Waals surface area (Å²) < 4.78 is 1.80. The molecule has 5 nitrogen and oxygen atoms in total. The minimum atomic E-state index is -0.0472. The van der Waals surface area contributed by atoms with Crippen molar-refractivity contribution < 1.29 is 4.79 Å². The van der Waals surface area contributed by atoms with E-state index in [0.717, 1.165) is 46.6 Å². The van der Waals surface area contributed by atoms with E-state index in [4.69, 9.17) is 0 Å². The Morgan fingerprint density at radius 2 is 1.93 bits per heavy atom. The highest BCUT2D eigenvalue weighted by molar-refractivity contribution is 7.99. The van der Waals surface area contributed by atoms with Crippen molar-refractivity contribution in [1.29, 1.82) is 0 Å². The number of carbonyl (C=O) groups is 1. The lowest BCUT2D eigenvalue weighted by molar-refractivity contribution is -0.116. The third-order valence-electron chi connectivity index (χ3n) is 4.35. The number of aryl methyl sites for hydroxylation is 2. The maximum absolute atomic E-state index is 12.0. The zero-order valence-electron chi connectivity index (χ0n) is 15.5. The van der Waals surface area contributed by atoms with Gasteiger partial charge in [0.25, 0.3) is 0 Å². The molecule has 1 heterocycles. The number of anilines is 1. The lowest BCUT2D eigenvalue weighted by atomic mass is 10.2. The van der Waals surface area contributed by atoms with Gasteiger partial charge in [0.2, 0.25) is 5.91 Å². The number of rotatable bonds is 9. The number of benzene rings is 2. The number of aromatic nitrogens is 2. The van der Waals surface area contributed by atoms with Gasteiger partial charge in [-0.15, -0.1) is 0 Å². The standard InChI is InChI=1S/C21H25N3O2S/c1-16-7-4-8-17(15-16)22-20(25)11-5-13-27-14-6-12-24-19-10-3-2-9-18(19)23-21(24)26/h2-4,7-10,15H,5-6,11-14H2,1H3,(H,22,25)(H,23,26). The van der Waals surface area contributed by atoms with Gasteiger partial charge in [0.15, 0.2) is 0 Å². The van der Waals surface area contributed by atoms with Crippen LogP contribution in [0.4, 0.5) is 5.69 Å². The zero-order chi connectivity index (χ0) is 19.1. The zero-order valence-corrected chi connectivity index (χ0v) is 16.3. The highest BCUT2D eigenvalue weighted by Gasteiger charge is 2.05. The summed E-state index contributed by atoms with van der Waals surface area (Å²) in [7, 11) is 0. The van der Waals surface area contributed by atoms with Gasteiger partial charge in [-0.3, -0.25) is 9.36 Å². The van der Waals surface area contributed by atoms with Crippen molar-refractivity contribution in [1.82, 2.24) is 9.55 Å². The van der Waals surface area contributed by atoms with Crippen LogP contribution in [-0.4, -0.2) is 27.0 Å². The normalized spacial score (nSPS) is 11.0. The average Bonchev–Trinajstić information content (AvgIpc) is 2.96. The van der Waals surface area contributed by atoms with Crippen LogP contribution in [0.1, 0.15) is 24.8 Å². The van der Waals surface area contributed by atoms with E-state index in [9.17, 15) is 9.59 Å². The molecule has 3 aromatic rings. The predicted octanol–water partition coefficient (Wildman–Crippen LogP) is 4.18. The van der Waals surface area contributed by atoms with Crippen molar-refractivity contribution in [2.24, 2.45) is 0 Å². The molecule has 0 spiro atoms. The Bertz CT molecular complexity index is 961. The van der Waals surface area contributed by atoms with Crippen LogP contribution in [0.15, 0.2) is 53.3 Å². The number of H-pyrrole nitrogens is 1. The summed E-state index contributed by atoms with van der Waals surface area (Å²) in [5.74, 6) is 1.99. The largest absolute Gasteiger partial charge is 0.326 e. The summed E-state index contributed by atoms with van der Waals surface area (Å²) in [5, 5.41) is 2.94. The number of hydrogen-bond donors (Lipinski definition) is 2. The lowest BCUT2D eigenvalue weighted by Gasteiger charge is -2.06. The van der Waals surface area contributed by atoms with Gasteiger partial charge in [0.1, 0.15) is 0 Å². The second kappa shape index (κ2) is 9.46. The van der Waals surface area contributed by atoms with Crippen molar-refractivity contribution in [3.05, 3.63) is 64.6 Å². The number of fused-ring (bicyclic) bond motifs is 1. The third-order valence-corrected chi connectivity index (χ3v) is 5.50. The molecular weight excluding hydrogens is 358 g/mol. The van der Waals surface area contributed by atoms with E-state index < -0.39 is 0 Å². The molecule has 0 radical (unpaired) electrons. The van der Waals surface area contributed by atoms with Gasteiger partial charge in [0.05, 0.1) is 11.0 Å². The molecule has 0 atom stereocenters. The Morgan fingerprint density at radius 3 is 2.78 bits per heavy atom. The van der Waals surface area contributed by atoms with Crippen LogP contribution >= 0.6 is 11.8 Å². The summed E-state index contributed by atoms with van der Waals surface area (Å²) in [6.45, 7) is 2.72. The highest BCUT2D eigenvalue weighted by atomic mass is 32.2. The maximum atomic E-state index is 12.0. The Hall–Kier alpha value is -2.47. The summed E-state index contributed by atoms with van der Waals surface area (Å²) >= 11 is 1.83. The number of imidazole rings is 1. The van der Waals surface area contributed by atoms with Gasteiger partial charge >= 0.3 is 5.69 Å². The maximum Gasteiger partial charge on any atom is 0.326 e. The number of carbonyl (C=O) groups excluding carboxylic acids is 1. The second-order valence-corrected chi connectivity index (χ2v) is 7.81. The first kappa shape index (κ1) is 19.3. The number of hydrogen-bond acceptors (Lipinski definition) is 3. The smallest absolute Gasteiger partial charge is 0.326 e. The molecule has 142 valence electrons. The molecule has 0 fully saturated rings. The summed E-state index contributed by atoms with van der Waals surface area (Å²) in [6, 6.07) is 15.6. The summed E-state index contributed by atoms with van der Waals surface area (Å²) in [5.41, 5.74) is 3.79. The number of amides is 1. The quantitative estimate of drug-likeness (QED) is 0.545. The van der Waals surface area contributed by atoms with Crippen LogP contribution in [0.3, 0.4) is 0 Å². The van der Waals surface area contributed by atoms with Gasteiger partial charge in [-0.25, -0.2) is 4.79 Å². The summed E-state index contributed by atoms with van der Waals surface area (Å²) in [6.07, 6.45) is 2.32. The van der Waals surface area contributed by atoms with E-state index in [2.05, 4.69) is 10.3 Å². The molecule has 1 aromatic heterocycles. The Morgan fingerprint density at radius 1 is 1.11 bits per heavy atom. The fraction of sp³-hybridized carbons (Fsp3) is 0.333. The predicted molar refractivity (Wildman–Crippen MR) is 114 cm³/mol.